The fraction of sp³-hybridized carbons (Fsp3) is 0.700. The fourth-order valence-electron chi connectivity index (χ4n) is 1.83. The molecule has 3 atom stereocenters. The summed E-state index contributed by atoms with van der Waals surface area (Å²) in [5.41, 5.74) is 0. The predicted molar refractivity (Wildman–Crippen MR) is 55.4 cm³/mol. The quantitative estimate of drug-likeness (QED) is 0.713. The number of nitrogens with one attached hydrogen (secondary N) is 1. The Labute approximate surface area is 89.1 Å². The van der Waals surface area contributed by atoms with Gasteiger partial charge in [0.05, 0.1) is 31.7 Å². The lowest BCUT2D eigenvalue weighted by Crippen LogP contribution is -2.45. The number of aromatic nitrogens is 2. The smallest absolute Gasteiger partial charge is 0.0948 e. The van der Waals surface area contributed by atoms with Crippen molar-refractivity contribution in [2.45, 2.75) is 31.7 Å². The minimum atomic E-state index is -0.379. The number of hydrogen-bond acceptors (Lipinski definition) is 4. The molecule has 0 aromatic carbocycles. The molecular formula is C10H17N3O2. The van der Waals surface area contributed by atoms with Crippen molar-refractivity contribution in [2.75, 3.05) is 13.2 Å². The normalized spacial score (nSPS) is 28.1. The number of aliphatic hydroxyl groups excluding tert-OH is 1. The van der Waals surface area contributed by atoms with Crippen LogP contribution in [0.2, 0.25) is 0 Å². The second-order valence-corrected chi connectivity index (χ2v) is 4.04. The highest BCUT2D eigenvalue weighted by atomic mass is 16.5. The molecule has 1 saturated heterocycles. The molecule has 1 aromatic rings. The van der Waals surface area contributed by atoms with Crippen LogP contribution in [-0.4, -0.2) is 46.1 Å². The summed E-state index contributed by atoms with van der Waals surface area (Å²) in [6.45, 7) is 3.97. The van der Waals surface area contributed by atoms with Crippen LogP contribution in [0.5, 0.6) is 0 Å². The number of hydrogen-bond donors (Lipinski definition) is 2. The average molecular weight is 211 g/mol. The summed E-state index contributed by atoms with van der Waals surface area (Å²) >= 11 is 0. The first-order chi connectivity index (χ1) is 7.25. The van der Waals surface area contributed by atoms with Crippen LogP contribution in [0, 0.1) is 0 Å². The fourth-order valence-corrected chi connectivity index (χ4v) is 1.83. The molecule has 5 heteroatoms. The second kappa shape index (κ2) is 4.74. The number of ether oxygens (including phenoxy) is 1. The average Bonchev–Trinajstić information content (AvgIpc) is 2.79. The van der Waals surface area contributed by atoms with Crippen molar-refractivity contribution in [3.63, 3.8) is 0 Å². The topological polar surface area (TPSA) is 59.3 Å². The highest BCUT2D eigenvalue weighted by Gasteiger charge is 2.26. The van der Waals surface area contributed by atoms with E-state index >= 15 is 0 Å². The second-order valence-electron chi connectivity index (χ2n) is 4.04. The number of aliphatic hydroxyl groups is 1. The molecule has 0 aliphatic carbocycles. The number of rotatable bonds is 4. The molecule has 0 bridgehead atoms. The van der Waals surface area contributed by atoms with Crippen molar-refractivity contribution in [1.82, 2.24) is 14.9 Å². The molecule has 3 unspecified atom stereocenters. The Morgan fingerprint density at radius 3 is 3.13 bits per heavy atom. The van der Waals surface area contributed by atoms with E-state index in [9.17, 15) is 5.11 Å². The van der Waals surface area contributed by atoms with E-state index in [4.69, 9.17) is 4.74 Å². The first-order valence-corrected chi connectivity index (χ1v) is 5.23. The van der Waals surface area contributed by atoms with Crippen molar-refractivity contribution < 1.29 is 9.84 Å². The van der Waals surface area contributed by atoms with E-state index in [1.54, 1.807) is 12.5 Å². The molecule has 0 spiro atoms. The maximum atomic E-state index is 9.56. The molecule has 1 aromatic heterocycles. The van der Waals surface area contributed by atoms with Crippen LogP contribution in [0.4, 0.5) is 0 Å². The molecule has 1 aliphatic rings. The van der Waals surface area contributed by atoms with Crippen molar-refractivity contribution in [3.05, 3.63) is 18.7 Å². The van der Waals surface area contributed by atoms with Crippen LogP contribution in [0.15, 0.2) is 18.7 Å². The van der Waals surface area contributed by atoms with Crippen LogP contribution in [0.1, 0.15) is 6.92 Å². The van der Waals surface area contributed by atoms with Gasteiger partial charge in [0, 0.05) is 25.0 Å². The first kappa shape index (κ1) is 10.6. The van der Waals surface area contributed by atoms with E-state index in [1.807, 2.05) is 10.8 Å². The van der Waals surface area contributed by atoms with Crippen LogP contribution in [0.25, 0.3) is 0 Å². The minimum Gasteiger partial charge on any atom is -0.389 e. The van der Waals surface area contributed by atoms with Gasteiger partial charge in [-0.05, 0) is 6.92 Å². The van der Waals surface area contributed by atoms with Gasteiger partial charge in [-0.1, -0.05) is 0 Å². The van der Waals surface area contributed by atoms with Gasteiger partial charge in [-0.3, -0.25) is 0 Å². The van der Waals surface area contributed by atoms with Crippen LogP contribution in [0.3, 0.4) is 0 Å². The van der Waals surface area contributed by atoms with Crippen molar-refractivity contribution in [3.8, 4) is 0 Å². The summed E-state index contributed by atoms with van der Waals surface area (Å²) in [6, 6.07) is 0.351. The Morgan fingerprint density at radius 2 is 2.53 bits per heavy atom. The highest BCUT2D eigenvalue weighted by molar-refractivity contribution is 4.84. The van der Waals surface area contributed by atoms with Gasteiger partial charge in [0.2, 0.25) is 0 Å². The third-order valence-corrected chi connectivity index (χ3v) is 2.59. The lowest BCUT2D eigenvalue weighted by Gasteiger charge is -2.20. The van der Waals surface area contributed by atoms with Gasteiger partial charge in [0.15, 0.2) is 0 Å². The van der Waals surface area contributed by atoms with Gasteiger partial charge in [-0.2, -0.15) is 0 Å². The Kier molecular flexibility index (Phi) is 3.35. The minimum absolute atomic E-state index is 0.0588. The first-order valence-electron chi connectivity index (χ1n) is 5.23. The van der Waals surface area contributed by atoms with Crippen molar-refractivity contribution in [2.24, 2.45) is 0 Å². The number of imidazole rings is 1. The summed E-state index contributed by atoms with van der Waals surface area (Å²) in [7, 11) is 0. The van der Waals surface area contributed by atoms with Crippen molar-refractivity contribution in [1.29, 1.82) is 0 Å². The van der Waals surface area contributed by atoms with E-state index in [-0.39, 0.29) is 12.1 Å². The predicted octanol–water partition coefficient (Wildman–Crippen LogP) is -0.379. The van der Waals surface area contributed by atoms with E-state index in [2.05, 4.69) is 17.2 Å². The van der Waals surface area contributed by atoms with Gasteiger partial charge in [0.25, 0.3) is 0 Å². The lowest BCUT2D eigenvalue weighted by molar-refractivity contribution is 0.121. The van der Waals surface area contributed by atoms with E-state index in [0.717, 1.165) is 6.54 Å². The lowest BCUT2D eigenvalue weighted by atomic mass is 10.2. The molecule has 84 valence electrons. The monoisotopic (exact) mass is 211 g/mol. The summed E-state index contributed by atoms with van der Waals surface area (Å²) < 4.78 is 7.19. The third kappa shape index (κ3) is 2.77. The molecular weight excluding hydrogens is 194 g/mol. The molecule has 2 heterocycles. The molecule has 0 saturated carbocycles. The largest absolute Gasteiger partial charge is 0.389 e. The molecule has 5 nitrogen and oxygen atoms in total. The third-order valence-electron chi connectivity index (χ3n) is 2.59. The zero-order valence-electron chi connectivity index (χ0n) is 8.84. The Morgan fingerprint density at radius 1 is 1.67 bits per heavy atom. The molecule has 0 amide bonds. The molecule has 2 rings (SSSR count). The molecule has 1 aliphatic heterocycles. The Bertz CT molecular complexity index is 289. The van der Waals surface area contributed by atoms with Crippen LogP contribution in [-0.2, 0) is 11.3 Å². The summed E-state index contributed by atoms with van der Waals surface area (Å²) in [4.78, 5) is 3.98. The maximum absolute atomic E-state index is 9.56. The molecule has 0 radical (unpaired) electrons. The summed E-state index contributed by atoms with van der Waals surface area (Å²) in [5.74, 6) is 0. The SMILES string of the molecule is CC(Cn1ccnc1)NC1COCC1O. The van der Waals surface area contributed by atoms with Crippen LogP contribution >= 0.6 is 0 Å². The molecule has 2 N–H and O–H groups in total. The van der Waals surface area contributed by atoms with Crippen LogP contribution < -0.4 is 5.32 Å². The van der Waals surface area contributed by atoms with E-state index < -0.39 is 0 Å². The maximum Gasteiger partial charge on any atom is 0.0948 e. The zero-order valence-corrected chi connectivity index (χ0v) is 8.84. The van der Waals surface area contributed by atoms with Gasteiger partial charge in [0.1, 0.15) is 0 Å². The van der Waals surface area contributed by atoms with Gasteiger partial charge in [-0.15, -0.1) is 0 Å². The van der Waals surface area contributed by atoms with Gasteiger partial charge in [-0.25, -0.2) is 4.98 Å². The summed E-state index contributed by atoms with van der Waals surface area (Å²) in [5, 5.41) is 12.9. The van der Waals surface area contributed by atoms with E-state index in [1.165, 1.54) is 0 Å². The van der Waals surface area contributed by atoms with E-state index in [0.29, 0.717) is 19.3 Å². The van der Waals surface area contributed by atoms with Gasteiger partial charge < -0.3 is 19.7 Å². The Hall–Kier alpha value is -0.910. The van der Waals surface area contributed by atoms with Crippen molar-refractivity contribution >= 4 is 0 Å². The molecule has 15 heavy (non-hydrogen) atoms. The summed E-state index contributed by atoms with van der Waals surface area (Å²) in [6.07, 6.45) is 5.11. The number of nitrogens with zero attached hydrogens (tertiary/aromatic N) is 2. The standard InChI is InChI=1S/C10H17N3O2/c1-8(4-13-3-2-11-7-13)12-9-5-15-6-10(9)14/h2-3,7-10,12,14H,4-6H2,1H3. The van der Waals surface area contributed by atoms with Gasteiger partial charge >= 0.3 is 0 Å². The molecule has 1 fully saturated rings. The Balaban J connectivity index is 1.79. The zero-order chi connectivity index (χ0) is 10.7. The highest BCUT2D eigenvalue weighted by Crippen LogP contribution is 2.06.